The van der Waals surface area contributed by atoms with Gasteiger partial charge in [-0.25, -0.2) is 0 Å². The van der Waals surface area contributed by atoms with Gasteiger partial charge in [0.15, 0.2) is 5.78 Å². The molecule has 2 aromatic carbocycles. The first-order valence-electron chi connectivity index (χ1n) is 8.22. The monoisotopic (exact) mass is 340 g/mol. The van der Waals surface area contributed by atoms with Crippen LogP contribution in [0.15, 0.2) is 48.5 Å². The number of rotatable bonds is 7. The minimum Gasteiger partial charge on any atom is -0.377 e. The van der Waals surface area contributed by atoms with Crippen molar-refractivity contribution in [2.45, 2.75) is 24.9 Å². The Bertz CT molecular complexity index is 780. The molecule has 0 atom stereocenters. The highest BCUT2D eigenvalue weighted by atomic mass is 16.6. The molecule has 25 heavy (non-hydrogen) atoms. The van der Waals surface area contributed by atoms with Crippen molar-refractivity contribution < 1.29 is 14.5 Å². The molecule has 1 aliphatic carbocycles. The van der Waals surface area contributed by atoms with E-state index in [2.05, 4.69) is 5.32 Å². The average Bonchev–Trinajstić information content (AvgIpc) is 2.61. The number of ether oxygens (including phenoxy) is 1. The summed E-state index contributed by atoms with van der Waals surface area (Å²) in [6, 6.07) is 13.3. The zero-order valence-electron chi connectivity index (χ0n) is 14.0. The number of carbonyl (C=O) groups is 1. The van der Waals surface area contributed by atoms with Crippen LogP contribution in [0, 0.1) is 10.1 Å². The van der Waals surface area contributed by atoms with Crippen molar-refractivity contribution in [2.75, 3.05) is 19.0 Å². The smallest absolute Gasteiger partial charge is 0.293 e. The molecule has 3 rings (SSSR count). The van der Waals surface area contributed by atoms with Crippen molar-refractivity contribution in [1.82, 2.24) is 0 Å². The van der Waals surface area contributed by atoms with E-state index >= 15 is 0 Å². The number of nitro benzene ring substituents is 1. The molecule has 1 aliphatic rings. The Morgan fingerprint density at radius 2 is 1.92 bits per heavy atom. The Balaban J connectivity index is 1.83. The molecule has 0 radical (unpaired) electrons. The van der Waals surface area contributed by atoms with Crippen LogP contribution in [0.4, 0.5) is 11.4 Å². The Hall–Kier alpha value is -2.73. The highest BCUT2D eigenvalue weighted by Gasteiger charge is 2.37. The summed E-state index contributed by atoms with van der Waals surface area (Å²) in [7, 11) is 1.66. The molecule has 6 nitrogen and oxygen atoms in total. The SMILES string of the molecule is COC1(CNc2ccc(C(=O)c3ccccc3)cc2[N+](=O)[O-])CCC1. The predicted molar refractivity (Wildman–Crippen MR) is 95.1 cm³/mol. The van der Waals surface area contributed by atoms with Gasteiger partial charge < -0.3 is 10.1 Å². The number of methoxy groups -OCH3 is 1. The van der Waals surface area contributed by atoms with Crippen LogP contribution in [0.1, 0.15) is 35.2 Å². The first-order valence-corrected chi connectivity index (χ1v) is 8.22. The van der Waals surface area contributed by atoms with Gasteiger partial charge in [-0.05, 0) is 31.4 Å². The van der Waals surface area contributed by atoms with Gasteiger partial charge in [0.25, 0.3) is 5.69 Å². The number of anilines is 1. The molecular formula is C19H20N2O4. The summed E-state index contributed by atoms with van der Waals surface area (Å²) in [5.41, 5.74) is 0.857. The fourth-order valence-corrected chi connectivity index (χ4v) is 3.01. The van der Waals surface area contributed by atoms with E-state index in [1.165, 1.54) is 6.07 Å². The van der Waals surface area contributed by atoms with Crippen LogP contribution in [0.25, 0.3) is 0 Å². The molecule has 6 heteroatoms. The third-order valence-corrected chi connectivity index (χ3v) is 4.79. The molecule has 1 saturated carbocycles. The lowest BCUT2D eigenvalue weighted by Gasteiger charge is -2.40. The van der Waals surface area contributed by atoms with Crippen LogP contribution in [-0.4, -0.2) is 30.0 Å². The number of nitro groups is 1. The number of hydrogen-bond acceptors (Lipinski definition) is 5. The van der Waals surface area contributed by atoms with Gasteiger partial charge >= 0.3 is 0 Å². The molecule has 2 aromatic rings. The van der Waals surface area contributed by atoms with Crippen molar-refractivity contribution in [3.63, 3.8) is 0 Å². The van der Waals surface area contributed by atoms with E-state index in [0.29, 0.717) is 23.4 Å². The second kappa shape index (κ2) is 7.03. The lowest BCUT2D eigenvalue weighted by Crippen LogP contribution is -2.45. The van der Waals surface area contributed by atoms with Crippen molar-refractivity contribution >= 4 is 17.2 Å². The molecule has 0 bridgehead atoms. The van der Waals surface area contributed by atoms with Gasteiger partial charge in [-0.15, -0.1) is 0 Å². The van der Waals surface area contributed by atoms with Gasteiger partial charge in [-0.2, -0.15) is 0 Å². The Kier molecular flexibility index (Phi) is 4.81. The third kappa shape index (κ3) is 3.53. The predicted octanol–water partition coefficient (Wildman–Crippen LogP) is 3.81. The first kappa shape index (κ1) is 17.1. The van der Waals surface area contributed by atoms with Crippen molar-refractivity contribution in [1.29, 1.82) is 0 Å². The fraction of sp³-hybridized carbons (Fsp3) is 0.316. The maximum atomic E-state index is 12.5. The van der Waals surface area contributed by atoms with Crippen molar-refractivity contribution in [2.24, 2.45) is 0 Å². The molecular weight excluding hydrogens is 320 g/mol. The quantitative estimate of drug-likeness (QED) is 0.471. The molecule has 1 N–H and O–H groups in total. The molecule has 130 valence electrons. The summed E-state index contributed by atoms with van der Waals surface area (Å²) in [6.45, 7) is 0.510. The first-order chi connectivity index (χ1) is 12.0. The van der Waals surface area contributed by atoms with Crippen LogP contribution in [0.2, 0.25) is 0 Å². The highest BCUT2D eigenvalue weighted by molar-refractivity contribution is 6.09. The van der Waals surface area contributed by atoms with E-state index < -0.39 is 4.92 Å². The summed E-state index contributed by atoms with van der Waals surface area (Å²) in [5, 5.41) is 14.5. The van der Waals surface area contributed by atoms with E-state index in [1.54, 1.807) is 43.5 Å². The number of hydrogen-bond donors (Lipinski definition) is 1. The summed E-state index contributed by atoms with van der Waals surface area (Å²) >= 11 is 0. The van der Waals surface area contributed by atoms with E-state index in [1.807, 2.05) is 6.07 Å². The minimum absolute atomic E-state index is 0.104. The molecule has 0 saturated heterocycles. The Morgan fingerprint density at radius 1 is 1.20 bits per heavy atom. The van der Waals surface area contributed by atoms with Gasteiger partial charge in [0.05, 0.1) is 10.5 Å². The summed E-state index contributed by atoms with van der Waals surface area (Å²) in [4.78, 5) is 23.5. The molecule has 0 aromatic heterocycles. The molecule has 1 fully saturated rings. The van der Waals surface area contributed by atoms with Gasteiger partial charge in [-0.3, -0.25) is 14.9 Å². The van der Waals surface area contributed by atoms with Crippen molar-refractivity contribution in [3.05, 3.63) is 69.8 Å². The second-order valence-corrected chi connectivity index (χ2v) is 6.28. The minimum atomic E-state index is -0.468. The molecule has 0 heterocycles. The standard InChI is InChI=1S/C19H20N2O4/c1-25-19(10-5-11-19)13-20-16-9-8-15(12-17(16)21(23)24)18(22)14-6-3-2-4-7-14/h2-4,6-9,12,20H,5,10-11,13H2,1H3. The van der Waals surface area contributed by atoms with Gasteiger partial charge in [0.2, 0.25) is 0 Å². The average molecular weight is 340 g/mol. The maximum Gasteiger partial charge on any atom is 0.293 e. The van der Waals surface area contributed by atoms with E-state index in [0.717, 1.165) is 19.3 Å². The number of carbonyl (C=O) groups excluding carboxylic acids is 1. The summed E-state index contributed by atoms with van der Waals surface area (Å²) < 4.78 is 5.53. The van der Waals surface area contributed by atoms with E-state index in [4.69, 9.17) is 4.74 Å². The van der Waals surface area contributed by atoms with Crippen LogP contribution < -0.4 is 5.32 Å². The number of nitrogens with one attached hydrogen (secondary N) is 1. The van der Waals surface area contributed by atoms with Crippen LogP contribution in [0.5, 0.6) is 0 Å². The number of ketones is 1. The lowest BCUT2D eigenvalue weighted by atomic mass is 9.80. The Labute approximate surface area is 146 Å². The molecule has 0 spiro atoms. The highest BCUT2D eigenvalue weighted by Crippen LogP contribution is 2.36. The fourth-order valence-electron chi connectivity index (χ4n) is 3.01. The third-order valence-electron chi connectivity index (χ3n) is 4.79. The number of nitrogens with zero attached hydrogens (tertiary/aromatic N) is 1. The van der Waals surface area contributed by atoms with E-state index in [-0.39, 0.29) is 17.1 Å². The van der Waals surface area contributed by atoms with Crippen LogP contribution in [-0.2, 0) is 4.74 Å². The largest absolute Gasteiger partial charge is 0.377 e. The zero-order valence-corrected chi connectivity index (χ0v) is 14.0. The van der Waals surface area contributed by atoms with Gasteiger partial charge in [-0.1, -0.05) is 30.3 Å². The van der Waals surface area contributed by atoms with Crippen LogP contribution >= 0.6 is 0 Å². The zero-order chi connectivity index (χ0) is 17.9. The van der Waals surface area contributed by atoms with E-state index in [9.17, 15) is 14.9 Å². The number of benzene rings is 2. The summed E-state index contributed by atoms with van der Waals surface area (Å²) in [6.07, 6.45) is 2.98. The van der Waals surface area contributed by atoms with Gasteiger partial charge in [0, 0.05) is 30.8 Å². The normalized spacial score (nSPS) is 15.2. The summed E-state index contributed by atoms with van der Waals surface area (Å²) in [5.74, 6) is -0.234. The molecule has 0 aliphatic heterocycles. The van der Waals surface area contributed by atoms with Crippen molar-refractivity contribution in [3.8, 4) is 0 Å². The molecule has 0 amide bonds. The van der Waals surface area contributed by atoms with Crippen LogP contribution in [0.3, 0.4) is 0 Å². The Morgan fingerprint density at radius 3 is 2.48 bits per heavy atom. The maximum absolute atomic E-state index is 12.5. The topological polar surface area (TPSA) is 81.5 Å². The molecule has 0 unspecified atom stereocenters. The van der Waals surface area contributed by atoms with Gasteiger partial charge in [0.1, 0.15) is 5.69 Å². The second-order valence-electron chi connectivity index (χ2n) is 6.28. The lowest BCUT2D eigenvalue weighted by molar-refractivity contribution is -0.384.